The first-order valence-corrected chi connectivity index (χ1v) is 3.47. The van der Waals surface area contributed by atoms with Gasteiger partial charge in [0.25, 0.3) is 0 Å². The zero-order valence-corrected chi connectivity index (χ0v) is 6.35. The van der Waals surface area contributed by atoms with Crippen LogP contribution in [0.15, 0.2) is 12.1 Å². The smallest absolute Gasteiger partial charge is 0.220 e. The molecule has 1 aliphatic heterocycles. The second-order valence-corrected chi connectivity index (χ2v) is 2.78. The lowest BCUT2D eigenvalue weighted by Crippen LogP contribution is -2.41. The van der Waals surface area contributed by atoms with Gasteiger partial charge in [0.2, 0.25) is 5.88 Å². The van der Waals surface area contributed by atoms with Crippen LogP contribution in [0.25, 0.3) is 0 Å². The van der Waals surface area contributed by atoms with Gasteiger partial charge in [0.15, 0.2) is 0 Å². The molecule has 0 aromatic carbocycles. The molecule has 0 saturated carbocycles. The quantitative estimate of drug-likeness (QED) is 0.578. The van der Waals surface area contributed by atoms with Gasteiger partial charge in [-0.25, -0.2) is 0 Å². The van der Waals surface area contributed by atoms with Gasteiger partial charge in [-0.2, -0.15) is 0 Å². The Labute approximate surface area is 60.7 Å². The van der Waals surface area contributed by atoms with Crippen molar-refractivity contribution in [3.05, 3.63) is 12.1 Å². The van der Waals surface area contributed by atoms with E-state index in [2.05, 4.69) is 12.2 Å². The van der Waals surface area contributed by atoms with Crippen LogP contribution < -0.4 is 5.32 Å². The van der Waals surface area contributed by atoms with Gasteiger partial charge in [0, 0.05) is 0 Å². The van der Waals surface area contributed by atoms with Crippen LogP contribution in [0.5, 0.6) is 0 Å². The van der Waals surface area contributed by atoms with Crippen molar-refractivity contribution in [2.75, 3.05) is 6.54 Å². The van der Waals surface area contributed by atoms with Crippen molar-refractivity contribution in [3.63, 3.8) is 0 Å². The maximum absolute atomic E-state index is 8.86. The standard InChI is InChI=1S/C7H13NO2/c1-3-7(2)5-8-6(9)4-10-7/h4,8-9H,3,5H2,1-2H3. The van der Waals surface area contributed by atoms with Crippen LogP contribution in [0.3, 0.4) is 0 Å². The van der Waals surface area contributed by atoms with Crippen LogP contribution in [0, 0.1) is 0 Å². The summed E-state index contributed by atoms with van der Waals surface area (Å²) in [7, 11) is 0. The molecule has 0 bridgehead atoms. The van der Waals surface area contributed by atoms with Crippen molar-refractivity contribution < 1.29 is 9.84 Å². The molecule has 1 rings (SSSR count). The van der Waals surface area contributed by atoms with Crippen LogP contribution >= 0.6 is 0 Å². The molecule has 58 valence electrons. The van der Waals surface area contributed by atoms with E-state index in [1.807, 2.05) is 6.92 Å². The van der Waals surface area contributed by atoms with Crippen LogP contribution in [0.1, 0.15) is 20.3 Å². The normalized spacial score (nSPS) is 32.0. The maximum Gasteiger partial charge on any atom is 0.220 e. The van der Waals surface area contributed by atoms with Crippen molar-refractivity contribution in [1.82, 2.24) is 5.32 Å². The van der Waals surface area contributed by atoms with Gasteiger partial charge in [-0.3, -0.25) is 0 Å². The Bertz CT molecular complexity index is 156. The summed E-state index contributed by atoms with van der Waals surface area (Å²) in [5, 5.41) is 11.7. The highest BCUT2D eigenvalue weighted by atomic mass is 16.5. The van der Waals surface area contributed by atoms with E-state index in [-0.39, 0.29) is 11.5 Å². The summed E-state index contributed by atoms with van der Waals surface area (Å²) in [5.41, 5.74) is -0.147. The first kappa shape index (κ1) is 7.25. The molecule has 1 atom stereocenters. The summed E-state index contributed by atoms with van der Waals surface area (Å²) >= 11 is 0. The van der Waals surface area contributed by atoms with Gasteiger partial charge in [0.1, 0.15) is 11.9 Å². The molecule has 0 fully saturated rings. The molecular weight excluding hydrogens is 130 g/mol. The van der Waals surface area contributed by atoms with Gasteiger partial charge in [0.05, 0.1) is 6.54 Å². The van der Waals surface area contributed by atoms with Gasteiger partial charge in [-0.05, 0) is 13.3 Å². The third-order valence-electron chi connectivity index (χ3n) is 1.85. The fourth-order valence-electron chi connectivity index (χ4n) is 0.767. The number of aliphatic hydroxyl groups excluding tert-OH is 1. The first-order valence-electron chi connectivity index (χ1n) is 3.47. The number of hydrogen-bond donors (Lipinski definition) is 2. The Kier molecular flexibility index (Phi) is 1.74. The Morgan fingerprint density at radius 3 is 3.00 bits per heavy atom. The molecule has 3 heteroatoms. The molecule has 10 heavy (non-hydrogen) atoms. The Balaban J connectivity index is 2.56. The van der Waals surface area contributed by atoms with Crippen LogP contribution in [0.2, 0.25) is 0 Å². The summed E-state index contributed by atoms with van der Waals surface area (Å²) in [5.74, 6) is 0.117. The van der Waals surface area contributed by atoms with Crippen molar-refractivity contribution in [1.29, 1.82) is 0 Å². The number of aliphatic hydroxyl groups is 1. The molecule has 0 aliphatic carbocycles. The van der Waals surface area contributed by atoms with E-state index in [1.165, 1.54) is 6.26 Å². The zero-order valence-electron chi connectivity index (χ0n) is 6.35. The van der Waals surface area contributed by atoms with E-state index in [0.29, 0.717) is 6.54 Å². The molecule has 1 heterocycles. The number of rotatable bonds is 1. The minimum atomic E-state index is -0.147. The highest BCUT2D eigenvalue weighted by Crippen LogP contribution is 2.17. The summed E-state index contributed by atoms with van der Waals surface area (Å²) in [6.45, 7) is 4.73. The maximum atomic E-state index is 8.86. The molecule has 0 aromatic heterocycles. The second kappa shape index (κ2) is 2.40. The molecule has 2 N–H and O–H groups in total. The fraction of sp³-hybridized carbons (Fsp3) is 0.714. The molecule has 0 aromatic rings. The monoisotopic (exact) mass is 143 g/mol. The number of nitrogens with one attached hydrogen (secondary N) is 1. The third-order valence-corrected chi connectivity index (χ3v) is 1.85. The lowest BCUT2D eigenvalue weighted by molar-refractivity contribution is 0.0108. The number of hydrogen-bond acceptors (Lipinski definition) is 3. The lowest BCUT2D eigenvalue weighted by atomic mass is 10.0. The second-order valence-electron chi connectivity index (χ2n) is 2.78. The van der Waals surface area contributed by atoms with E-state index in [1.54, 1.807) is 0 Å². The molecule has 1 unspecified atom stereocenters. The summed E-state index contributed by atoms with van der Waals surface area (Å²) in [4.78, 5) is 0. The highest BCUT2D eigenvalue weighted by molar-refractivity contribution is 4.94. The minimum absolute atomic E-state index is 0.117. The van der Waals surface area contributed by atoms with Gasteiger partial charge >= 0.3 is 0 Å². The van der Waals surface area contributed by atoms with Crippen LogP contribution in [0.4, 0.5) is 0 Å². The summed E-state index contributed by atoms with van der Waals surface area (Å²) in [6.07, 6.45) is 2.29. The van der Waals surface area contributed by atoms with Gasteiger partial charge < -0.3 is 15.2 Å². The zero-order chi connectivity index (χ0) is 7.61. The van der Waals surface area contributed by atoms with Crippen molar-refractivity contribution >= 4 is 0 Å². The van der Waals surface area contributed by atoms with E-state index >= 15 is 0 Å². The average Bonchev–Trinajstić information content (AvgIpc) is 1.96. The van der Waals surface area contributed by atoms with E-state index in [0.717, 1.165) is 6.42 Å². The number of ether oxygens (including phenoxy) is 1. The predicted octanol–water partition coefficient (Wildman–Crippen LogP) is 1.13. The Morgan fingerprint density at radius 1 is 1.90 bits per heavy atom. The SMILES string of the molecule is CCC1(C)CNC(O)=CO1. The molecule has 1 aliphatic rings. The highest BCUT2D eigenvalue weighted by Gasteiger charge is 2.25. The van der Waals surface area contributed by atoms with E-state index in [9.17, 15) is 0 Å². The summed E-state index contributed by atoms with van der Waals surface area (Å²) < 4.78 is 5.25. The fourth-order valence-corrected chi connectivity index (χ4v) is 0.767. The molecule has 0 spiro atoms. The van der Waals surface area contributed by atoms with Crippen molar-refractivity contribution in [2.24, 2.45) is 0 Å². The largest absolute Gasteiger partial charge is 0.493 e. The Morgan fingerprint density at radius 2 is 2.60 bits per heavy atom. The summed E-state index contributed by atoms with van der Waals surface area (Å²) in [6, 6.07) is 0. The predicted molar refractivity (Wildman–Crippen MR) is 38.5 cm³/mol. The van der Waals surface area contributed by atoms with Crippen molar-refractivity contribution in [3.8, 4) is 0 Å². The van der Waals surface area contributed by atoms with Crippen LogP contribution in [-0.4, -0.2) is 17.3 Å². The molecular formula is C7H13NO2. The van der Waals surface area contributed by atoms with Crippen LogP contribution in [-0.2, 0) is 4.74 Å². The minimum Gasteiger partial charge on any atom is -0.493 e. The van der Waals surface area contributed by atoms with E-state index in [4.69, 9.17) is 9.84 Å². The van der Waals surface area contributed by atoms with Crippen molar-refractivity contribution in [2.45, 2.75) is 25.9 Å². The van der Waals surface area contributed by atoms with Gasteiger partial charge in [-0.1, -0.05) is 6.92 Å². The average molecular weight is 143 g/mol. The lowest BCUT2D eigenvalue weighted by Gasteiger charge is -2.31. The molecule has 0 amide bonds. The third kappa shape index (κ3) is 1.35. The topological polar surface area (TPSA) is 41.5 Å². The molecule has 0 saturated heterocycles. The first-order chi connectivity index (χ1) is 4.66. The molecule has 3 nitrogen and oxygen atoms in total. The molecule has 0 radical (unpaired) electrons. The van der Waals surface area contributed by atoms with E-state index < -0.39 is 0 Å². The Hall–Kier alpha value is -0.860. The van der Waals surface area contributed by atoms with Gasteiger partial charge in [-0.15, -0.1) is 0 Å².